The summed E-state index contributed by atoms with van der Waals surface area (Å²) in [5.74, 6) is 0. The molecule has 0 aliphatic rings. The third-order valence-corrected chi connectivity index (χ3v) is 9.42. The zero-order valence-corrected chi connectivity index (χ0v) is 25.4. The lowest BCUT2D eigenvalue weighted by Crippen LogP contribution is -2.34. The summed E-state index contributed by atoms with van der Waals surface area (Å²) in [4.78, 5) is 7.46. The second-order valence-corrected chi connectivity index (χ2v) is 23.1. The zero-order valence-electron chi connectivity index (χ0n) is 23.4. The van der Waals surface area contributed by atoms with Gasteiger partial charge in [0.05, 0.1) is 40.6 Å². The summed E-state index contributed by atoms with van der Waals surface area (Å²) in [6.45, 7) is 16.7. The number of benzene rings is 2. The van der Waals surface area contributed by atoms with Crippen LogP contribution in [0.2, 0.25) is 51.4 Å². The highest BCUT2D eigenvalue weighted by molar-refractivity contribution is 6.76. The summed E-state index contributed by atoms with van der Waals surface area (Å²) in [7, 11) is -2.06. The van der Waals surface area contributed by atoms with Crippen molar-refractivity contribution in [3.05, 3.63) is 60.2 Å². The molecule has 8 nitrogen and oxygen atoms in total. The molecule has 4 rings (SSSR count). The normalized spacial score (nSPS) is 11.7. The van der Waals surface area contributed by atoms with Gasteiger partial charge >= 0.3 is 0 Å². The van der Waals surface area contributed by atoms with Crippen LogP contribution in [0, 0.1) is 22.7 Å². The molecule has 0 atom stereocenters. The third-order valence-electron chi connectivity index (χ3n) is 6.01. The van der Waals surface area contributed by atoms with Gasteiger partial charge in [0.15, 0.2) is 17.8 Å². The molecule has 2 aromatic carbocycles. The number of nitriles is 2. The predicted molar refractivity (Wildman–Crippen MR) is 156 cm³/mol. The number of H-pyrrole nitrogens is 1. The van der Waals surface area contributed by atoms with Gasteiger partial charge in [0.2, 0.25) is 6.33 Å². The van der Waals surface area contributed by atoms with E-state index in [2.05, 4.69) is 61.4 Å². The lowest BCUT2D eigenvalue weighted by molar-refractivity contribution is -0.708. The first-order valence-corrected chi connectivity index (χ1v) is 20.3. The van der Waals surface area contributed by atoms with Crippen LogP contribution in [0.15, 0.2) is 49.1 Å². The molecule has 2 aromatic heterocycles. The number of hydrogen-bond acceptors (Lipinski definition) is 5. The number of nitrogens with zero attached hydrogens (tertiary/aromatic N) is 5. The topological polar surface area (TPSA) is 104 Å². The van der Waals surface area contributed by atoms with Crippen molar-refractivity contribution in [2.75, 3.05) is 13.2 Å². The second-order valence-electron chi connectivity index (χ2n) is 11.8. The Morgan fingerprint density at radius 3 is 2.18 bits per heavy atom. The van der Waals surface area contributed by atoms with E-state index in [9.17, 15) is 0 Å². The van der Waals surface area contributed by atoms with Gasteiger partial charge in [-0.1, -0.05) is 39.3 Å². The first-order chi connectivity index (χ1) is 18.0. The van der Waals surface area contributed by atoms with Gasteiger partial charge in [-0.3, -0.25) is 0 Å². The van der Waals surface area contributed by atoms with E-state index >= 15 is 0 Å². The van der Waals surface area contributed by atoms with Crippen molar-refractivity contribution in [3.63, 3.8) is 0 Å². The SMILES string of the molecule is C[Si](C)(C)CCOC[n+]1c[nH]c2cc(C#N)ccc21.C[Si](C)(C)CCOCn1cnc2ccc(C#N)cc21. The van der Waals surface area contributed by atoms with Gasteiger partial charge in [0, 0.05) is 35.4 Å². The Balaban J connectivity index is 0.000000211. The Hall–Kier alpha value is -3.29. The molecule has 0 unspecified atom stereocenters. The minimum atomic E-state index is -1.04. The van der Waals surface area contributed by atoms with Crippen molar-refractivity contribution >= 4 is 38.2 Å². The molecule has 0 aliphatic carbocycles. The number of fused-ring (bicyclic) bond motifs is 2. The van der Waals surface area contributed by atoms with Gasteiger partial charge in [0.1, 0.15) is 6.73 Å². The Bertz CT molecular complexity index is 1430. The van der Waals surface area contributed by atoms with Crippen LogP contribution in [0.1, 0.15) is 11.1 Å². The van der Waals surface area contributed by atoms with Gasteiger partial charge < -0.3 is 14.0 Å². The second kappa shape index (κ2) is 13.0. The van der Waals surface area contributed by atoms with Gasteiger partial charge in [-0.2, -0.15) is 10.5 Å². The number of rotatable bonds is 10. The average molecular weight is 548 g/mol. The molecule has 0 aliphatic heterocycles. The van der Waals surface area contributed by atoms with Crippen molar-refractivity contribution in [3.8, 4) is 12.1 Å². The van der Waals surface area contributed by atoms with Crippen LogP contribution in [0.4, 0.5) is 0 Å². The lowest BCUT2D eigenvalue weighted by Gasteiger charge is -2.15. The van der Waals surface area contributed by atoms with Crippen molar-refractivity contribution in [1.82, 2.24) is 14.5 Å². The Labute approximate surface area is 227 Å². The van der Waals surface area contributed by atoms with Crippen LogP contribution >= 0.6 is 0 Å². The maximum absolute atomic E-state index is 8.92. The van der Waals surface area contributed by atoms with Crippen molar-refractivity contribution in [2.45, 2.75) is 64.8 Å². The molecule has 0 fully saturated rings. The number of imidazole rings is 2. The van der Waals surface area contributed by atoms with Crippen LogP contribution < -0.4 is 4.57 Å². The van der Waals surface area contributed by atoms with Crippen molar-refractivity contribution < 1.29 is 14.0 Å². The maximum atomic E-state index is 8.92. The van der Waals surface area contributed by atoms with Crippen LogP contribution in [0.25, 0.3) is 22.1 Å². The summed E-state index contributed by atoms with van der Waals surface area (Å²) >= 11 is 0. The standard InChI is InChI=1S/2C14H19N3OSi/c1-19(2,3)7-6-18-11-17-10-16-13-8-12(9-15)4-5-14(13)17;1-19(2,3)7-6-18-11-17-10-16-13-5-4-12(9-15)8-14(13)17/h2*4-5,8,10H,6-7,11H2,1-3H3/p+1. The molecule has 38 heavy (non-hydrogen) atoms. The maximum Gasteiger partial charge on any atom is 0.244 e. The minimum Gasteiger partial charge on any atom is -0.361 e. The van der Waals surface area contributed by atoms with Crippen LogP contribution in [0.5, 0.6) is 0 Å². The Morgan fingerprint density at radius 1 is 0.895 bits per heavy atom. The highest BCUT2D eigenvalue weighted by atomic mass is 28.3. The van der Waals surface area contributed by atoms with E-state index in [-0.39, 0.29) is 0 Å². The van der Waals surface area contributed by atoms with E-state index in [0.29, 0.717) is 24.6 Å². The van der Waals surface area contributed by atoms with Crippen molar-refractivity contribution in [2.24, 2.45) is 0 Å². The summed E-state index contributed by atoms with van der Waals surface area (Å²) in [6.07, 6.45) is 3.65. The van der Waals surface area contributed by atoms with Gasteiger partial charge in [-0.15, -0.1) is 0 Å². The average Bonchev–Trinajstić information content (AvgIpc) is 3.46. The molecule has 0 spiro atoms. The number of ether oxygens (including phenoxy) is 2. The third kappa shape index (κ3) is 8.93. The molecule has 0 radical (unpaired) electrons. The van der Waals surface area contributed by atoms with Crippen LogP contribution in [-0.2, 0) is 22.9 Å². The lowest BCUT2D eigenvalue weighted by atomic mass is 10.2. The quantitative estimate of drug-likeness (QED) is 0.152. The summed E-state index contributed by atoms with van der Waals surface area (Å²) in [5, 5.41) is 17.8. The van der Waals surface area contributed by atoms with Crippen molar-refractivity contribution in [1.29, 1.82) is 10.5 Å². The number of hydrogen-bond donors (Lipinski definition) is 1. The zero-order chi connectivity index (χ0) is 27.8. The van der Waals surface area contributed by atoms with Gasteiger partial charge in [0.25, 0.3) is 0 Å². The Morgan fingerprint density at radius 2 is 1.53 bits per heavy atom. The molecule has 0 bridgehead atoms. The molecule has 1 N–H and O–H groups in total. The van der Waals surface area contributed by atoms with E-state index < -0.39 is 16.1 Å². The molecule has 0 saturated carbocycles. The highest BCUT2D eigenvalue weighted by Gasteiger charge is 2.14. The molecule has 200 valence electrons. The van der Waals surface area contributed by atoms with E-state index in [1.165, 1.54) is 6.04 Å². The molecular formula is C28H39N6O2Si2+. The van der Waals surface area contributed by atoms with E-state index in [0.717, 1.165) is 41.3 Å². The number of aromatic nitrogens is 4. The van der Waals surface area contributed by atoms with E-state index in [1.807, 2.05) is 45.8 Å². The first-order valence-electron chi connectivity index (χ1n) is 12.9. The first kappa shape index (κ1) is 29.3. The summed E-state index contributed by atoms with van der Waals surface area (Å²) < 4.78 is 15.4. The fourth-order valence-electron chi connectivity index (χ4n) is 3.61. The molecule has 10 heteroatoms. The number of aromatic amines is 1. The summed E-state index contributed by atoms with van der Waals surface area (Å²) in [5.41, 5.74) is 5.19. The van der Waals surface area contributed by atoms with E-state index in [1.54, 1.807) is 12.4 Å². The van der Waals surface area contributed by atoms with Crippen LogP contribution in [-0.4, -0.2) is 43.9 Å². The summed E-state index contributed by atoms with van der Waals surface area (Å²) in [6, 6.07) is 17.8. The predicted octanol–water partition coefficient (Wildman–Crippen LogP) is 5.86. The largest absolute Gasteiger partial charge is 0.361 e. The fourth-order valence-corrected chi connectivity index (χ4v) is 5.12. The highest BCUT2D eigenvalue weighted by Crippen LogP contribution is 2.15. The molecule has 2 heterocycles. The minimum absolute atomic E-state index is 0.496. The molecule has 0 amide bonds. The molecule has 0 saturated heterocycles. The van der Waals surface area contributed by atoms with E-state index in [4.69, 9.17) is 20.0 Å². The smallest absolute Gasteiger partial charge is 0.244 e. The molecular weight excluding hydrogens is 509 g/mol. The number of nitrogens with one attached hydrogen (secondary N) is 1. The van der Waals surface area contributed by atoms with Crippen LogP contribution in [0.3, 0.4) is 0 Å². The van der Waals surface area contributed by atoms with Gasteiger partial charge in [-0.25, -0.2) is 14.5 Å². The van der Waals surface area contributed by atoms with Gasteiger partial charge in [-0.05, 0) is 42.4 Å². The monoisotopic (exact) mass is 547 g/mol. The fraction of sp³-hybridized carbons (Fsp3) is 0.429. The molecule has 4 aromatic rings. The Kier molecular flexibility index (Phi) is 10.0.